The van der Waals surface area contributed by atoms with Crippen LogP contribution in [0.15, 0.2) is 28.7 Å². The van der Waals surface area contributed by atoms with Crippen molar-refractivity contribution in [3.05, 3.63) is 41.5 Å². The predicted molar refractivity (Wildman–Crippen MR) is 70.2 cm³/mol. The third-order valence-electron chi connectivity index (χ3n) is 2.95. The van der Waals surface area contributed by atoms with Crippen molar-refractivity contribution in [3.8, 4) is 11.5 Å². The van der Waals surface area contributed by atoms with Gasteiger partial charge in [-0.1, -0.05) is 19.9 Å². The zero-order chi connectivity index (χ0) is 14.0. The number of hydrogen-bond acceptors (Lipinski definition) is 3. The van der Waals surface area contributed by atoms with E-state index >= 15 is 0 Å². The van der Waals surface area contributed by atoms with E-state index in [1.165, 1.54) is 12.1 Å². The maximum atomic E-state index is 13.2. The average Bonchev–Trinajstić information content (AvgIpc) is 2.71. The number of oxazole rings is 1. The van der Waals surface area contributed by atoms with Crippen molar-refractivity contribution in [2.75, 3.05) is 0 Å². The van der Waals surface area contributed by atoms with E-state index in [-0.39, 0.29) is 23.9 Å². The lowest BCUT2D eigenvalue weighted by molar-refractivity contribution is -0.121. The number of carbonyl (C=O) groups excluding carboxylic acids is 1. The van der Waals surface area contributed by atoms with E-state index in [1.54, 1.807) is 19.1 Å². The van der Waals surface area contributed by atoms with E-state index in [4.69, 9.17) is 4.42 Å². The van der Waals surface area contributed by atoms with Crippen LogP contribution in [0.3, 0.4) is 0 Å². The molecule has 3 nitrogen and oxygen atoms in total. The molecule has 100 valence electrons. The Kier molecular flexibility index (Phi) is 3.79. The van der Waals surface area contributed by atoms with Crippen molar-refractivity contribution in [1.82, 2.24) is 4.98 Å². The smallest absolute Gasteiger partial charge is 0.226 e. The summed E-state index contributed by atoms with van der Waals surface area (Å²) in [5.41, 5.74) is 1.20. The van der Waals surface area contributed by atoms with Crippen LogP contribution >= 0.6 is 0 Å². The summed E-state index contributed by atoms with van der Waals surface area (Å²) in [6.07, 6.45) is 0.252. The highest BCUT2D eigenvalue weighted by atomic mass is 19.1. The van der Waals surface area contributed by atoms with Gasteiger partial charge in [0.05, 0.1) is 12.1 Å². The number of aryl methyl sites for hydroxylation is 1. The van der Waals surface area contributed by atoms with Gasteiger partial charge in [-0.3, -0.25) is 4.79 Å². The molecule has 0 N–H and O–H groups in total. The van der Waals surface area contributed by atoms with Crippen molar-refractivity contribution in [1.29, 1.82) is 0 Å². The van der Waals surface area contributed by atoms with E-state index in [2.05, 4.69) is 4.98 Å². The molecule has 4 heteroatoms. The van der Waals surface area contributed by atoms with Crippen LogP contribution in [0, 0.1) is 18.7 Å². The minimum Gasteiger partial charge on any atom is -0.441 e. The number of halogens is 1. The van der Waals surface area contributed by atoms with E-state index in [9.17, 15) is 9.18 Å². The molecule has 0 aliphatic rings. The van der Waals surface area contributed by atoms with Crippen molar-refractivity contribution in [2.45, 2.75) is 27.2 Å². The van der Waals surface area contributed by atoms with Crippen LogP contribution in [-0.2, 0) is 11.2 Å². The van der Waals surface area contributed by atoms with E-state index in [0.29, 0.717) is 22.9 Å². The minimum atomic E-state index is -0.340. The fourth-order valence-corrected chi connectivity index (χ4v) is 1.71. The number of carbonyl (C=O) groups is 1. The molecule has 0 bridgehead atoms. The molecular formula is C15H16FNO2. The van der Waals surface area contributed by atoms with Gasteiger partial charge in [0.1, 0.15) is 17.4 Å². The van der Waals surface area contributed by atoms with Gasteiger partial charge in [-0.05, 0) is 25.1 Å². The van der Waals surface area contributed by atoms with Crippen molar-refractivity contribution >= 4 is 5.78 Å². The first-order valence-corrected chi connectivity index (χ1v) is 6.22. The average molecular weight is 261 g/mol. The van der Waals surface area contributed by atoms with Gasteiger partial charge in [-0.15, -0.1) is 0 Å². The molecule has 0 fully saturated rings. The Morgan fingerprint density at radius 3 is 2.79 bits per heavy atom. The number of ketones is 1. The molecule has 1 aromatic carbocycles. The number of nitrogens with zero attached hydrogens (tertiary/aromatic N) is 1. The monoisotopic (exact) mass is 261 g/mol. The summed E-state index contributed by atoms with van der Waals surface area (Å²) in [4.78, 5) is 16.0. The van der Waals surface area contributed by atoms with Crippen molar-refractivity contribution in [3.63, 3.8) is 0 Å². The lowest BCUT2D eigenvalue weighted by atomic mass is 10.0. The Bertz CT molecular complexity index is 602. The standard InChI is InChI=1S/C15H16FNO2/c1-9(2)14(18)8-13-10(3)19-15(17-13)11-5-4-6-12(16)7-11/h4-7,9H,8H2,1-3H3. The molecule has 19 heavy (non-hydrogen) atoms. The fraction of sp³-hybridized carbons (Fsp3) is 0.333. The van der Waals surface area contributed by atoms with E-state index in [1.807, 2.05) is 13.8 Å². The quantitative estimate of drug-likeness (QED) is 0.845. The predicted octanol–water partition coefficient (Wildman–Crippen LogP) is 3.56. The zero-order valence-corrected chi connectivity index (χ0v) is 11.2. The lowest BCUT2D eigenvalue weighted by Gasteiger charge is -2.00. The van der Waals surface area contributed by atoms with Crippen LogP contribution in [0.5, 0.6) is 0 Å². The molecule has 2 aromatic rings. The summed E-state index contributed by atoms with van der Waals surface area (Å²) in [5, 5.41) is 0. The molecule has 0 aliphatic heterocycles. The molecule has 0 saturated carbocycles. The Morgan fingerprint density at radius 1 is 1.42 bits per heavy atom. The number of aromatic nitrogens is 1. The van der Waals surface area contributed by atoms with Gasteiger partial charge >= 0.3 is 0 Å². The fourth-order valence-electron chi connectivity index (χ4n) is 1.71. The molecule has 1 heterocycles. The third-order valence-corrected chi connectivity index (χ3v) is 2.95. The van der Waals surface area contributed by atoms with Crippen LogP contribution in [0.2, 0.25) is 0 Å². The first-order chi connectivity index (χ1) is 8.97. The highest BCUT2D eigenvalue weighted by molar-refractivity contribution is 5.82. The van der Waals surface area contributed by atoms with Gasteiger partial charge in [-0.25, -0.2) is 9.37 Å². The summed E-state index contributed by atoms with van der Waals surface area (Å²) in [6.45, 7) is 5.47. The van der Waals surface area contributed by atoms with E-state index < -0.39 is 0 Å². The summed E-state index contributed by atoms with van der Waals surface area (Å²) in [5.74, 6) is 0.695. The third kappa shape index (κ3) is 3.08. The zero-order valence-electron chi connectivity index (χ0n) is 11.2. The maximum Gasteiger partial charge on any atom is 0.226 e. The van der Waals surface area contributed by atoms with Crippen molar-refractivity contribution < 1.29 is 13.6 Å². The van der Waals surface area contributed by atoms with Gasteiger partial charge in [0.25, 0.3) is 0 Å². The largest absolute Gasteiger partial charge is 0.441 e. The molecular weight excluding hydrogens is 245 g/mol. The molecule has 1 aromatic heterocycles. The van der Waals surface area contributed by atoms with Crippen LogP contribution in [0.1, 0.15) is 25.3 Å². The van der Waals surface area contributed by atoms with Gasteiger partial charge in [0, 0.05) is 11.5 Å². The van der Waals surface area contributed by atoms with E-state index in [0.717, 1.165) is 0 Å². The summed E-state index contributed by atoms with van der Waals surface area (Å²) < 4.78 is 18.7. The topological polar surface area (TPSA) is 43.1 Å². The normalized spacial score (nSPS) is 11.0. The van der Waals surface area contributed by atoms with Gasteiger partial charge in [0.2, 0.25) is 5.89 Å². The number of hydrogen-bond donors (Lipinski definition) is 0. The number of Topliss-reactive ketones (excluding diaryl/α,β-unsaturated/α-hetero) is 1. The molecule has 0 atom stereocenters. The van der Waals surface area contributed by atoms with Crippen LogP contribution < -0.4 is 0 Å². The highest BCUT2D eigenvalue weighted by Crippen LogP contribution is 2.23. The van der Waals surface area contributed by atoms with Crippen LogP contribution in [0.25, 0.3) is 11.5 Å². The van der Waals surface area contributed by atoms with Gasteiger partial charge in [0.15, 0.2) is 0 Å². The Labute approximate surface area is 111 Å². The van der Waals surface area contributed by atoms with Gasteiger partial charge < -0.3 is 4.42 Å². The van der Waals surface area contributed by atoms with Crippen molar-refractivity contribution in [2.24, 2.45) is 5.92 Å². The van der Waals surface area contributed by atoms with Gasteiger partial charge in [-0.2, -0.15) is 0 Å². The molecule has 0 aliphatic carbocycles. The maximum absolute atomic E-state index is 13.2. The second-order valence-corrected chi connectivity index (χ2v) is 4.83. The first kappa shape index (κ1) is 13.5. The summed E-state index contributed by atoms with van der Waals surface area (Å²) in [6, 6.07) is 6.05. The first-order valence-electron chi connectivity index (χ1n) is 6.22. The molecule has 0 radical (unpaired) electrons. The summed E-state index contributed by atoms with van der Waals surface area (Å²) >= 11 is 0. The molecule has 0 spiro atoms. The Morgan fingerprint density at radius 2 is 2.16 bits per heavy atom. The number of rotatable bonds is 4. The molecule has 2 rings (SSSR count). The Hall–Kier alpha value is -1.97. The Balaban J connectivity index is 2.28. The summed E-state index contributed by atoms with van der Waals surface area (Å²) in [7, 11) is 0. The molecule has 0 unspecified atom stereocenters. The second-order valence-electron chi connectivity index (χ2n) is 4.83. The van der Waals surface area contributed by atoms with Crippen LogP contribution in [0.4, 0.5) is 4.39 Å². The SMILES string of the molecule is Cc1oc(-c2cccc(F)c2)nc1CC(=O)C(C)C. The number of benzene rings is 1. The molecule has 0 saturated heterocycles. The highest BCUT2D eigenvalue weighted by Gasteiger charge is 2.16. The minimum absolute atomic E-state index is 0.0336. The van der Waals surface area contributed by atoms with Crippen LogP contribution in [-0.4, -0.2) is 10.8 Å². The second kappa shape index (κ2) is 5.34. The lowest BCUT2D eigenvalue weighted by Crippen LogP contribution is -2.11. The molecule has 0 amide bonds.